The van der Waals surface area contributed by atoms with E-state index in [1.54, 1.807) is 5.06 Å². The maximum atomic E-state index is 12.7. The maximum absolute atomic E-state index is 12.7. The van der Waals surface area contributed by atoms with Crippen LogP contribution in [0.1, 0.15) is 18.4 Å². The van der Waals surface area contributed by atoms with Crippen molar-refractivity contribution >= 4 is 17.3 Å². The van der Waals surface area contributed by atoms with E-state index in [1.807, 2.05) is 0 Å². The molecule has 0 spiro atoms. The highest BCUT2D eigenvalue weighted by Crippen LogP contribution is 2.35. The molecule has 21 heavy (non-hydrogen) atoms. The van der Waals surface area contributed by atoms with Crippen molar-refractivity contribution in [2.45, 2.75) is 19.0 Å². The van der Waals surface area contributed by atoms with Gasteiger partial charge in [0.25, 0.3) is 0 Å². The SMILES string of the molecule is Nc1ccc(NC(=O)CCN2CCCO2)cc1C(F)(F)F. The molecule has 2 rings (SSSR count). The van der Waals surface area contributed by atoms with Gasteiger partial charge >= 0.3 is 6.18 Å². The van der Waals surface area contributed by atoms with E-state index in [0.29, 0.717) is 13.2 Å². The predicted molar refractivity (Wildman–Crippen MR) is 71.2 cm³/mol. The minimum atomic E-state index is -4.55. The first kappa shape index (κ1) is 15.6. The van der Waals surface area contributed by atoms with Gasteiger partial charge in [0, 0.05) is 30.9 Å². The van der Waals surface area contributed by atoms with Gasteiger partial charge in [0.05, 0.1) is 12.2 Å². The van der Waals surface area contributed by atoms with Crippen LogP contribution in [0.4, 0.5) is 24.5 Å². The molecule has 0 unspecified atom stereocenters. The number of halogens is 3. The lowest BCUT2D eigenvalue weighted by molar-refractivity contribution is -0.137. The summed E-state index contributed by atoms with van der Waals surface area (Å²) in [5.74, 6) is -0.372. The molecule has 8 heteroatoms. The molecule has 0 aliphatic carbocycles. The van der Waals surface area contributed by atoms with Crippen molar-refractivity contribution in [3.63, 3.8) is 0 Å². The molecular weight excluding hydrogens is 287 g/mol. The molecule has 1 saturated heterocycles. The number of alkyl halides is 3. The fraction of sp³-hybridized carbons (Fsp3) is 0.462. The standard InChI is InChI=1S/C13H16F3N3O2/c14-13(15,16)10-8-9(2-3-11(10)17)18-12(20)4-6-19-5-1-7-21-19/h2-3,8H,1,4-7,17H2,(H,18,20). The van der Waals surface area contributed by atoms with Crippen LogP contribution < -0.4 is 11.1 Å². The quantitative estimate of drug-likeness (QED) is 0.837. The fourth-order valence-corrected chi connectivity index (χ4v) is 2.00. The number of nitrogens with zero attached hydrogens (tertiary/aromatic N) is 1. The van der Waals surface area contributed by atoms with Gasteiger partial charge in [-0.2, -0.15) is 18.2 Å². The van der Waals surface area contributed by atoms with E-state index in [9.17, 15) is 18.0 Å². The Bertz CT molecular complexity index is 514. The zero-order chi connectivity index (χ0) is 15.5. The highest BCUT2D eigenvalue weighted by molar-refractivity contribution is 5.91. The normalized spacial score (nSPS) is 16.1. The first-order valence-electron chi connectivity index (χ1n) is 6.51. The van der Waals surface area contributed by atoms with Crippen LogP contribution in [-0.4, -0.2) is 30.7 Å². The smallest absolute Gasteiger partial charge is 0.398 e. The van der Waals surface area contributed by atoms with Gasteiger partial charge in [0.2, 0.25) is 5.91 Å². The van der Waals surface area contributed by atoms with E-state index in [0.717, 1.165) is 25.1 Å². The van der Waals surface area contributed by atoms with E-state index >= 15 is 0 Å². The van der Waals surface area contributed by atoms with Crippen LogP contribution in [0, 0.1) is 0 Å². The molecule has 1 aromatic carbocycles. The number of nitrogen functional groups attached to an aromatic ring is 1. The summed E-state index contributed by atoms with van der Waals surface area (Å²) in [6, 6.07) is 3.30. The predicted octanol–water partition coefficient (Wildman–Crippen LogP) is 2.25. The van der Waals surface area contributed by atoms with Gasteiger partial charge in [-0.1, -0.05) is 0 Å². The van der Waals surface area contributed by atoms with E-state index in [4.69, 9.17) is 10.6 Å². The summed E-state index contributed by atoms with van der Waals surface area (Å²) < 4.78 is 38.1. The number of hydrogen-bond acceptors (Lipinski definition) is 4. The third-order valence-corrected chi connectivity index (χ3v) is 3.06. The van der Waals surface area contributed by atoms with Gasteiger partial charge in [-0.25, -0.2) is 0 Å². The van der Waals surface area contributed by atoms with Gasteiger partial charge in [-0.15, -0.1) is 0 Å². The van der Waals surface area contributed by atoms with E-state index in [-0.39, 0.29) is 23.7 Å². The molecule has 1 aliphatic rings. The number of nitrogens with two attached hydrogens (primary N) is 1. The van der Waals surface area contributed by atoms with Crippen molar-refractivity contribution in [2.24, 2.45) is 0 Å². The Kier molecular flexibility index (Phi) is 4.69. The second-order valence-corrected chi connectivity index (χ2v) is 4.71. The van der Waals surface area contributed by atoms with Crippen LogP contribution in [0.5, 0.6) is 0 Å². The van der Waals surface area contributed by atoms with E-state index in [1.165, 1.54) is 6.07 Å². The second kappa shape index (κ2) is 6.31. The zero-order valence-electron chi connectivity index (χ0n) is 11.2. The van der Waals surface area contributed by atoms with Crippen molar-refractivity contribution in [1.29, 1.82) is 0 Å². The Balaban J connectivity index is 1.94. The topological polar surface area (TPSA) is 67.6 Å². The van der Waals surface area contributed by atoms with Crippen molar-refractivity contribution in [1.82, 2.24) is 5.06 Å². The average molecular weight is 303 g/mol. The highest BCUT2D eigenvalue weighted by atomic mass is 19.4. The number of rotatable bonds is 4. The number of nitrogens with one attached hydrogen (secondary N) is 1. The summed E-state index contributed by atoms with van der Waals surface area (Å²) in [5.41, 5.74) is 4.04. The van der Waals surface area contributed by atoms with Gasteiger partial charge in [0.1, 0.15) is 0 Å². The Labute approximate surface area is 119 Å². The van der Waals surface area contributed by atoms with Crippen LogP contribution in [0.2, 0.25) is 0 Å². The third-order valence-electron chi connectivity index (χ3n) is 3.06. The molecule has 1 aromatic rings. The number of carbonyl (C=O) groups excluding carboxylic acids is 1. The Hall–Kier alpha value is -1.80. The average Bonchev–Trinajstić information content (AvgIpc) is 2.90. The number of anilines is 2. The van der Waals surface area contributed by atoms with E-state index in [2.05, 4.69) is 5.32 Å². The van der Waals surface area contributed by atoms with E-state index < -0.39 is 11.7 Å². The van der Waals surface area contributed by atoms with Crippen molar-refractivity contribution in [3.8, 4) is 0 Å². The molecule has 3 N–H and O–H groups in total. The maximum Gasteiger partial charge on any atom is 0.418 e. The van der Waals surface area contributed by atoms with Gasteiger partial charge in [0.15, 0.2) is 0 Å². The molecule has 1 fully saturated rings. The van der Waals surface area contributed by atoms with Gasteiger partial charge in [-0.3, -0.25) is 9.63 Å². The molecule has 1 aliphatic heterocycles. The Morgan fingerprint density at radius 2 is 2.19 bits per heavy atom. The molecular formula is C13H16F3N3O2. The molecule has 0 bridgehead atoms. The number of hydrogen-bond donors (Lipinski definition) is 2. The second-order valence-electron chi connectivity index (χ2n) is 4.71. The lowest BCUT2D eigenvalue weighted by atomic mass is 10.1. The molecule has 0 aromatic heterocycles. The van der Waals surface area contributed by atoms with Gasteiger partial charge in [-0.05, 0) is 24.6 Å². The third kappa shape index (κ3) is 4.33. The zero-order valence-corrected chi connectivity index (χ0v) is 11.2. The molecule has 116 valence electrons. The van der Waals surface area contributed by atoms with Crippen molar-refractivity contribution in [2.75, 3.05) is 30.7 Å². The van der Waals surface area contributed by atoms with Crippen LogP contribution in [0.25, 0.3) is 0 Å². The number of benzene rings is 1. The summed E-state index contributed by atoms with van der Waals surface area (Å²) in [6.45, 7) is 1.80. The lowest BCUT2D eigenvalue weighted by Crippen LogP contribution is -2.24. The van der Waals surface area contributed by atoms with Crippen LogP contribution in [0.15, 0.2) is 18.2 Å². The molecule has 0 atom stereocenters. The summed E-state index contributed by atoms with van der Waals surface area (Å²) >= 11 is 0. The Morgan fingerprint density at radius 3 is 2.81 bits per heavy atom. The highest BCUT2D eigenvalue weighted by Gasteiger charge is 2.33. The van der Waals surface area contributed by atoms with Crippen LogP contribution >= 0.6 is 0 Å². The Morgan fingerprint density at radius 1 is 1.43 bits per heavy atom. The lowest BCUT2D eigenvalue weighted by Gasteiger charge is -2.14. The summed E-state index contributed by atoms with van der Waals surface area (Å²) in [4.78, 5) is 16.9. The molecule has 1 amide bonds. The largest absolute Gasteiger partial charge is 0.418 e. The molecule has 0 saturated carbocycles. The molecule has 1 heterocycles. The number of carbonyl (C=O) groups is 1. The minimum absolute atomic E-state index is 0.0730. The summed E-state index contributed by atoms with van der Waals surface area (Å²) in [6.07, 6.45) is -3.49. The first-order chi connectivity index (χ1) is 9.86. The number of amides is 1. The fourth-order valence-electron chi connectivity index (χ4n) is 2.00. The summed E-state index contributed by atoms with van der Waals surface area (Å²) in [7, 11) is 0. The molecule has 0 radical (unpaired) electrons. The van der Waals surface area contributed by atoms with Crippen LogP contribution in [-0.2, 0) is 15.8 Å². The van der Waals surface area contributed by atoms with Crippen LogP contribution in [0.3, 0.4) is 0 Å². The monoisotopic (exact) mass is 303 g/mol. The van der Waals surface area contributed by atoms with Crippen molar-refractivity contribution < 1.29 is 22.8 Å². The van der Waals surface area contributed by atoms with Crippen molar-refractivity contribution in [3.05, 3.63) is 23.8 Å². The number of hydroxylamine groups is 2. The van der Waals surface area contributed by atoms with Gasteiger partial charge < -0.3 is 11.1 Å². The molecule has 5 nitrogen and oxygen atoms in total. The first-order valence-corrected chi connectivity index (χ1v) is 6.51. The summed E-state index contributed by atoms with van der Waals surface area (Å²) in [5, 5.41) is 4.10. The minimum Gasteiger partial charge on any atom is -0.398 e.